The number of nitrogens with zero attached hydrogens (tertiary/aromatic N) is 1. The number of hydrogen-bond acceptors (Lipinski definition) is 4. The highest BCUT2D eigenvalue weighted by Crippen LogP contribution is 2.47. The predicted octanol–water partition coefficient (Wildman–Crippen LogP) is 4.40. The molecule has 0 radical (unpaired) electrons. The van der Waals surface area contributed by atoms with E-state index in [4.69, 9.17) is 9.47 Å². The second kappa shape index (κ2) is 6.24. The molecule has 0 saturated carbocycles. The van der Waals surface area contributed by atoms with E-state index in [2.05, 4.69) is 17.4 Å². The molecule has 6 nitrogen and oxygen atoms in total. The van der Waals surface area contributed by atoms with Crippen LogP contribution in [0.15, 0.2) is 60.7 Å². The van der Waals surface area contributed by atoms with Crippen LogP contribution in [0.25, 0.3) is 10.8 Å². The largest absolute Gasteiger partial charge is 0.467 e. The lowest BCUT2D eigenvalue weighted by molar-refractivity contribution is 0.0385. The molecule has 29 heavy (non-hydrogen) atoms. The molecule has 6 heteroatoms. The average molecular weight is 388 g/mol. The summed E-state index contributed by atoms with van der Waals surface area (Å²) in [6, 6.07) is 18.5. The van der Waals surface area contributed by atoms with Gasteiger partial charge in [-0.25, -0.2) is 9.59 Å². The Balaban J connectivity index is 1.57. The molecule has 2 aliphatic heterocycles. The molecule has 3 aromatic rings. The van der Waals surface area contributed by atoms with E-state index in [1.807, 2.05) is 31.2 Å². The monoisotopic (exact) mass is 388 g/mol. The molecule has 0 aromatic heterocycles. The third kappa shape index (κ3) is 2.63. The van der Waals surface area contributed by atoms with E-state index in [-0.39, 0.29) is 12.1 Å². The summed E-state index contributed by atoms with van der Waals surface area (Å²) in [5, 5.41) is 5.34. The van der Waals surface area contributed by atoms with Crippen LogP contribution in [0.4, 0.5) is 10.5 Å². The smallest absolute Gasteiger partial charge is 0.337 e. The normalized spacial score (nSPS) is 22.5. The number of anilines is 1. The Labute approximate surface area is 168 Å². The first-order valence-corrected chi connectivity index (χ1v) is 9.50. The fourth-order valence-electron chi connectivity index (χ4n) is 4.43. The molecule has 1 N–H and O–H groups in total. The van der Waals surface area contributed by atoms with Crippen molar-refractivity contribution in [1.29, 1.82) is 0 Å². The number of esters is 1. The fourth-order valence-corrected chi connectivity index (χ4v) is 4.43. The van der Waals surface area contributed by atoms with Crippen LogP contribution in [0, 0.1) is 0 Å². The van der Waals surface area contributed by atoms with Crippen LogP contribution in [-0.4, -0.2) is 24.8 Å². The van der Waals surface area contributed by atoms with Gasteiger partial charge in [0.15, 0.2) is 5.72 Å². The molecule has 3 aromatic carbocycles. The van der Waals surface area contributed by atoms with E-state index in [1.54, 1.807) is 29.2 Å². The van der Waals surface area contributed by atoms with Crippen molar-refractivity contribution < 1.29 is 19.1 Å². The van der Waals surface area contributed by atoms with Gasteiger partial charge in [0.1, 0.15) is 5.75 Å². The maximum absolute atomic E-state index is 13.1. The van der Waals surface area contributed by atoms with Gasteiger partial charge in [-0.15, -0.1) is 0 Å². The van der Waals surface area contributed by atoms with Crippen molar-refractivity contribution in [3.63, 3.8) is 0 Å². The van der Waals surface area contributed by atoms with Crippen molar-refractivity contribution in [2.45, 2.75) is 25.1 Å². The molecular formula is C23H20N2O4. The third-order valence-corrected chi connectivity index (χ3v) is 5.71. The zero-order chi connectivity index (χ0) is 20.2. The standard InChI is InChI=1S/C23H20N2O4/c1-23-13-18(20-17-6-4-3-5-14(17)9-12-19(20)29-23)24-22(27)25(23)16-10-7-15(8-11-16)21(26)28-2/h3-12,18H,13H2,1-2H3,(H,24,27). The number of methoxy groups -OCH3 is 1. The SMILES string of the molecule is COC(=O)c1ccc(N2C(=O)NC3CC2(C)Oc2ccc4ccccc4c23)cc1. The summed E-state index contributed by atoms with van der Waals surface area (Å²) in [6.07, 6.45) is 0.610. The van der Waals surface area contributed by atoms with Gasteiger partial charge in [-0.2, -0.15) is 0 Å². The van der Waals surface area contributed by atoms with Gasteiger partial charge in [0, 0.05) is 17.7 Å². The Bertz CT molecular complexity index is 1140. The maximum atomic E-state index is 13.1. The number of benzene rings is 3. The Kier molecular flexibility index (Phi) is 3.77. The number of carbonyl (C=O) groups excluding carboxylic acids is 2. The van der Waals surface area contributed by atoms with Crippen LogP contribution in [0.1, 0.15) is 35.3 Å². The number of carbonyl (C=O) groups is 2. The first-order valence-electron chi connectivity index (χ1n) is 9.50. The molecule has 2 heterocycles. The summed E-state index contributed by atoms with van der Waals surface area (Å²) >= 11 is 0. The third-order valence-electron chi connectivity index (χ3n) is 5.71. The molecule has 2 aliphatic rings. The second-order valence-electron chi connectivity index (χ2n) is 7.56. The molecule has 0 spiro atoms. The summed E-state index contributed by atoms with van der Waals surface area (Å²) in [5.74, 6) is 0.360. The Morgan fingerprint density at radius 2 is 1.90 bits per heavy atom. The zero-order valence-electron chi connectivity index (χ0n) is 16.1. The van der Waals surface area contributed by atoms with Gasteiger partial charge in [0.2, 0.25) is 0 Å². The molecule has 0 aliphatic carbocycles. The van der Waals surface area contributed by atoms with E-state index in [1.165, 1.54) is 7.11 Å². The van der Waals surface area contributed by atoms with Crippen LogP contribution >= 0.6 is 0 Å². The predicted molar refractivity (Wildman–Crippen MR) is 109 cm³/mol. The summed E-state index contributed by atoms with van der Waals surface area (Å²) < 4.78 is 11.2. The van der Waals surface area contributed by atoms with Crippen LogP contribution in [0.2, 0.25) is 0 Å². The van der Waals surface area contributed by atoms with Crippen LogP contribution in [0.3, 0.4) is 0 Å². The lowest BCUT2D eigenvalue weighted by Gasteiger charge is -2.50. The molecule has 5 rings (SSSR count). The highest BCUT2D eigenvalue weighted by Gasteiger charge is 2.50. The first kappa shape index (κ1) is 17.6. The molecule has 2 bridgehead atoms. The number of rotatable bonds is 2. The number of ether oxygens (including phenoxy) is 2. The molecular weight excluding hydrogens is 368 g/mol. The van der Waals surface area contributed by atoms with Gasteiger partial charge in [0.05, 0.1) is 18.7 Å². The Hall–Kier alpha value is -3.54. The second-order valence-corrected chi connectivity index (χ2v) is 7.56. The van der Waals surface area contributed by atoms with Crippen molar-refractivity contribution in [3.8, 4) is 5.75 Å². The lowest BCUT2D eigenvalue weighted by Crippen LogP contribution is -2.65. The number of hydrogen-bond donors (Lipinski definition) is 1. The van der Waals surface area contributed by atoms with Gasteiger partial charge in [-0.1, -0.05) is 30.3 Å². The van der Waals surface area contributed by atoms with E-state index < -0.39 is 11.7 Å². The summed E-state index contributed by atoms with van der Waals surface area (Å²) in [6.45, 7) is 1.92. The first-order chi connectivity index (χ1) is 14.0. The van der Waals surface area contributed by atoms with Crippen molar-refractivity contribution in [3.05, 3.63) is 71.8 Å². The lowest BCUT2D eigenvalue weighted by atomic mass is 9.87. The van der Waals surface area contributed by atoms with Crippen LogP contribution < -0.4 is 15.0 Å². The summed E-state index contributed by atoms with van der Waals surface area (Å²) in [5.41, 5.74) is 1.27. The molecule has 1 fully saturated rings. The van der Waals surface area contributed by atoms with Crippen molar-refractivity contribution >= 4 is 28.5 Å². The van der Waals surface area contributed by atoms with Crippen LogP contribution in [0.5, 0.6) is 5.75 Å². The molecule has 2 unspecified atom stereocenters. The van der Waals surface area contributed by atoms with E-state index in [0.717, 1.165) is 22.1 Å². The highest BCUT2D eigenvalue weighted by molar-refractivity contribution is 5.97. The van der Waals surface area contributed by atoms with Gasteiger partial charge in [0.25, 0.3) is 0 Å². The van der Waals surface area contributed by atoms with Gasteiger partial charge < -0.3 is 14.8 Å². The Morgan fingerprint density at radius 1 is 1.14 bits per heavy atom. The number of fused-ring (bicyclic) bond motifs is 6. The van der Waals surface area contributed by atoms with Crippen LogP contribution in [-0.2, 0) is 4.74 Å². The molecule has 2 amide bonds. The Morgan fingerprint density at radius 3 is 2.66 bits per heavy atom. The maximum Gasteiger partial charge on any atom is 0.337 e. The summed E-state index contributed by atoms with van der Waals surface area (Å²) in [4.78, 5) is 26.4. The zero-order valence-corrected chi connectivity index (χ0v) is 16.1. The average Bonchev–Trinajstić information content (AvgIpc) is 2.72. The topological polar surface area (TPSA) is 67.9 Å². The minimum absolute atomic E-state index is 0.132. The van der Waals surface area contributed by atoms with Gasteiger partial charge in [-0.3, -0.25) is 4.90 Å². The fraction of sp³-hybridized carbons (Fsp3) is 0.217. The van der Waals surface area contributed by atoms with Gasteiger partial charge >= 0.3 is 12.0 Å². The van der Waals surface area contributed by atoms with E-state index in [0.29, 0.717) is 17.7 Å². The minimum Gasteiger partial charge on any atom is -0.467 e. The van der Waals surface area contributed by atoms with E-state index in [9.17, 15) is 9.59 Å². The molecule has 146 valence electrons. The van der Waals surface area contributed by atoms with E-state index >= 15 is 0 Å². The number of amides is 2. The van der Waals surface area contributed by atoms with Gasteiger partial charge in [-0.05, 0) is 48.0 Å². The number of nitrogens with one attached hydrogen (secondary N) is 1. The molecule has 2 atom stereocenters. The highest BCUT2D eigenvalue weighted by atomic mass is 16.5. The van der Waals surface area contributed by atoms with Crippen molar-refractivity contribution in [1.82, 2.24) is 5.32 Å². The minimum atomic E-state index is -0.838. The van der Waals surface area contributed by atoms with Crippen molar-refractivity contribution in [2.75, 3.05) is 12.0 Å². The number of urea groups is 1. The molecule has 1 saturated heterocycles. The quantitative estimate of drug-likeness (QED) is 0.661. The van der Waals surface area contributed by atoms with Crippen molar-refractivity contribution in [2.24, 2.45) is 0 Å². The summed E-state index contributed by atoms with van der Waals surface area (Å²) in [7, 11) is 1.34.